The molecule has 1 saturated heterocycles. The van der Waals surface area contributed by atoms with E-state index in [1.54, 1.807) is 54.9 Å². The summed E-state index contributed by atoms with van der Waals surface area (Å²) in [5.41, 5.74) is 5.40. The zero-order chi connectivity index (χ0) is 37.2. The van der Waals surface area contributed by atoms with Crippen LogP contribution in [-0.2, 0) is 42.6 Å². The van der Waals surface area contributed by atoms with Crippen LogP contribution in [0, 0.1) is 6.92 Å². The zero-order valence-electron chi connectivity index (χ0n) is 29.3. The topological polar surface area (TPSA) is 169 Å². The van der Waals surface area contributed by atoms with Crippen molar-refractivity contribution in [2.45, 2.75) is 51.7 Å². The van der Waals surface area contributed by atoms with Crippen LogP contribution in [0.25, 0.3) is 22.4 Å². The zero-order valence-corrected chi connectivity index (χ0v) is 30.8. The minimum Gasteiger partial charge on any atom is -0.496 e. The highest BCUT2D eigenvalue weighted by Gasteiger charge is 2.29. The monoisotopic (exact) mass is 757 g/mol. The van der Waals surface area contributed by atoms with Crippen LogP contribution in [0.1, 0.15) is 52.1 Å². The Morgan fingerprint density at radius 3 is 2.68 bits per heavy atom. The van der Waals surface area contributed by atoms with Crippen LogP contribution < -0.4 is 20.7 Å². The number of carbonyl (C=O) groups is 3. The number of pyridine rings is 1. The molecule has 0 saturated carbocycles. The molecule has 0 aliphatic carbocycles. The minimum atomic E-state index is -0.447. The average Bonchev–Trinajstić information content (AvgIpc) is 3.86. The van der Waals surface area contributed by atoms with Gasteiger partial charge in [-0.1, -0.05) is 52.6 Å². The van der Waals surface area contributed by atoms with E-state index >= 15 is 0 Å². The van der Waals surface area contributed by atoms with E-state index in [0.29, 0.717) is 88.2 Å². The average molecular weight is 759 g/mol. The second-order valence-corrected chi connectivity index (χ2v) is 13.7. The predicted octanol–water partition coefficient (Wildman–Crippen LogP) is 4.90. The lowest BCUT2D eigenvalue weighted by Gasteiger charge is -2.26. The Bertz CT molecular complexity index is 2220. The van der Waals surface area contributed by atoms with Gasteiger partial charge in [0.25, 0.3) is 5.91 Å². The van der Waals surface area contributed by atoms with E-state index in [1.807, 2.05) is 24.3 Å². The lowest BCUT2D eigenvalue weighted by Crippen LogP contribution is -2.37. The van der Waals surface area contributed by atoms with Crippen molar-refractivity contribution in [2.75, 3.05) is 25.5 Å². The number of nitrogens with one attached hydrogen (secondary N) is 3. The molecule has 14 nitrogen and oxygen atoms in total. The van der Waals surface area contributed by atoms with Crippen LogP contribution in [0.15, 0.2) is 53.2 Å². The number of hydrogen-bond acceptors (Lipinski definition) is 10. The fourth-order valence-corrected chi connectivity index (χ4v) is 7.32. The van der Waals surface area contributed by atoms with E-state index in [4.69, 9.17) is 32.5 Å². The number of methoxy groups -OCH3 is 1. The molecule has 1 atom stereocenters. The second-order valence-electron chi connectivity index (χ2n) is 13.0. The van der Waals surface area contributed by atoms with Crippen LogP contribution >= 0.6 is 23.2 Å². The fraction of sp³-hybridized carbons (Fsp3) is 0.324. The molecule has 0 unspecified atom stereocenters. The first-order chi connectivity index (χ1) is 25.6. The summed E-state index contributed by atoms with van der Waals surface area (Å²) in [6, 6.07) is 13.0. The summed E-state index contributed by atoms with van der Waals surface area (Å²) < 4.78 is 12.4. The van der Waals surface area contributed by atoms with Gasteiger partial charge in [0.1, 0.15) is 5.75 Å². The molecule has 16 heteroatoms. The third kappa shape index (κ3) is 7.61. The molecule has 5 aromatic rings. The van der Waals surface area contributed by atoms with Crippen molar-refractivity contribution in [3.8, 4) is 28.1 Å². The van der Waals surface area contributed by atoms with Crippen LogP contribution in [0.4, 0.5) is 5.69 Å². The first-order valence-corrected chi connectivity index (χ1v) is 17.9. The van der Waals surface area contributed by atoms with Crippen LogP contribution in [0.5, 0.6) is 5.75 Å². The summed E-state index contributed by atoms with van der Waals surface area (Å²) in [6.45, 7) is 3.64. The van der Waals surface area contributed by atoms with Gasteiger partial charge in [-0.05, 0) is 24.6 Å². The molecule has 53 heavy (non-hydrogen) atoms. The van der Waals surface area contributed by atoms with E-state index in [9.17, 15) is 14.4 Å². The Kier molecular flexibility index (Phi) is 10.4. The van der Waals surface area contributed by atoms with Gasteiger partial charge in [-0.3, -0.25) is 19.4 Å². The maximum atomic E-state index is 13.6. The summed E-state index contributed by atoms with van der Waals surface area (Å²) in [5.74, 6) is 1.09. The Balaban J connectivity index is 1.06. The smallest absolute Gasteiger partial charge is 0.291 e. The van der Waals surface area contributed by atoms with E-state index in [2.05, 4.69) is 36.1 Å². The molecule has 3 aromatic heterocycles. The standard InChI is InChI=1S/C37H37Cl2N9O5/c1-20-42-30(46-53-20)16-32(50)48-14-12-28-27(19-48)44-36(47(28)2)37(51)45-26-6-4-5-24(33(26)38)25-11-13-41-35(34(25)39)21-7-8-22(29(15-21)52-3)17-40-18-23-9-10-31(49)43-23/h4-8,11,13,15,23,40H,9-10,12,14,16-19H2,1-3H3,(H,43,49)(H,45,51)/t23-/m0/s1. The SMILES string of the molecule is COc1cc(-c2nccc(-c3cccc(NC(=O)c4nc5c(n4C)CCN(C(=O)Cc4noc(C)n4)C5)c3Cl)c2Cl)ccc1CNC[C@@H]1CCC(=O)N1. The molecule has 1 fully saturated rings. The third-order valence-electron chi connectivity index (χ3n) is 9.47. The maximum absolute atomic E-state index is 13.6. The maximum Gasteiger partial charge on any atom is 0.291 e. The number of aryl methyl sites for hydroxylation is 1. The third-order valence-corrected chi connectivity index (χ3v) is 10.3. The molecule has 2 aliphatic heterocycles. The number of ether oxygens (including phenoxy) is 1. The van der Waals surface area contributed by atoms with Gasteiger partial charge in [0.2, 0.25) is 17.7 Å². The number of benzene rings is 2. The molecule has 0 bridgehead atoms. The predicted molar refractivity (Wildman–Crippen MR) is 198 cm³/mol. The summed E-state index contributed by atoms with van der Waals surface area (Å²) in [7, 11) is 3.40. The molecule has 5 heterocycles. The number of halogens is 2. The summed E-state index contributed by atoms with van der Waals surface area (Å²) in [6.07, 6.45) is 3.60. The quantitative estimate of drug-likeness (QED) is 0.168. The number of nitrogens with zero attached hydrogens (tertiary/aromatic N) is 6. The largest absolute Gasteiger partial charge is 0.496 e. The highest BCUT2D eigenvalue weighted by molar-refractivity contribution is 6.39. The Morgan fingerprint density at radius 1 is 1.09 bits per heavy atom. The minimum absolute atomic E-state index is 0.0208. The Hall–Kier alpha value is -5.31. The van der Waals surface area contributed by atoms with E-state index in [-0.39, 0.29) is 36.6 Å². The van der Waals surface area contributed by atoms with Gasteiger partial charge in [-0.15, -0.1) is 0 Å². The van der Waals surface area contributed by atoms with Crippen molar-refractivity contribution in [1.29, 1.82) is 0 Å². The van der Waals surface area contributed by atoms with Crippen LogP contribution in [0.2, 0.25) is 10.0 Å². The molecular formula is C37H37Cl2N9O5. The first kappa shape index (κ1) is 36.1. The highest BCUT2D eigenvalue weighted by Crippen LogP contribution is 2.41. The Labute approximate surface area is 315 Å². The number of aromatic nitrogens is 5. The molecule has 274 valence electrons. The Morgan fingerprint density at radius 2 is 1.92 bits per heavy atom. The van der Waals surface area contributed by atoms with E-state index in [1.165, 1.54) is 0 Å². The van der Waals surface area contributed by atoms with Crippen LogP contribution in [0.3, 0.4) is 0 Å². The number of imidazole rings is 1. The van der Waals surface area contributed by atoms with Gasteiger partial charge in [-0.2, -0.15) is 4.98 Å². The van der Waals surface area contributed by atoms with Crippen LogP contribution in [-0.4, -0.2) is 73.5 Å². The first-order valence-electron chi connectivity index (χ1n) is 17.1. The highest BCUT2D eigenvalue weighted by atomic mass is 35.5. The number of rotatable bonds is 11. The number of hydrogen-bond donors (Lipinski definition) is 3. The lowest BCUT2D eigenvalue weighted by atomic mass is 10.0. The van der Waals surface area contributed by atoms with Gasteiger partial charge < -0.3 is 34.7 Å². The molecule has 3 amide bonds. The molecule has 2 aliphatic rings. The summed E-state index contributed by atoms with van der Waals surface area (Å²) in [4.78, 5) is 53.1. The molecule has 0 radical (unpaired) electrons. The van der Waals surface area contributed by atoms with Crippen molar-refractivity contribution in [1.82, 2.24) is 40.2 Å². The number of anilines is 1. The van der Waals surface area contributed by atoms with Crippen molar-refractivity contribution in [3.05, 3.63) is 93.2 Å². The normalized spacial score (nSPS) is 15.3. The van der Waals surface area contributed by atoms with Gasteiger partial charge in [0, 0.05) is 86.6 Å². The number of fused-ring (bicyclic) bond motifs is 1. The number of amides is 3. The van der Waals surface area contributed by atoms with Gasteiger partial charge >= 0.3 is 0 Å². The molecule has 0 spiro atoms. The van der Waals surface area contributed by atoms with Gasteiger partial charge in [0.15, 0.2) is 11.6 Å². The van der Waals surface area contributed by atoms with Gasteiger partial charge in [-0.25, -0.2) is 4.98 Å². The summed E-state index contributed by atoms with van der Waals surface area (Å²) >= 11 is 14.0. The number of carbonyl (C=O) groups excluding carboxylic acids is 3. The van der Waals surface area contributed by atoms with Crippen molar-refractivity contribution in [3.63, 3.8) is 0 Å². The lowest BCUT2D eigenvalue weighted by molar-refractivity contribution is -0.131. The van der Waals surface area contributed by atoms with E-state index < -0.39 is 5.91 Å². The summed E-state index contributed by atoms with van der Waals surface area (Å²) in [5, 5.41) is 13.8. The second kappa shape index (κ2) is 15.3. The molecule has 2 aromatic carbocycles. The van der Waals surface area contributed by atoms with Crippen molar-refractivity contribution < 1.29 is 23.6 Å². The van der Waals surface area contributed by atoms with Crippen molar-refractivity contribution in [2.24, 2.45) is 7.05 Å². The molecule has 3 N–H and O–H groups in total. The van der Waals surface area contributed by atoms with Gasteiger partial charge in [0.05, 0.1) is 47.2 Å². The fourth-order valence-electron chi connectivity index (χ4n) is 6.72. The van der Waals surface area contributed by atoms with E-state index in [0.717, 1.165) is 23.2 Å². The molecule has 7 rings (SSSR count). The molecular weight excluding hydrogens is 721 g/mol. The van der Waals surface area contributed by atoms with Crippen molar-refractivity contribution >= 4 is 46.6 Å².